The first-order valence-corrected chi connectivity index (χ1v) is 5.16. The Bertz CT molecular complexity index is 522. The minimum absolute atomic E-state index is 0.261. The van der Waals surface area contributed by atoms with E-state index in [9.17, 15) is 4.79 Å². The number of benzene rings is 1. The molecule has 0 unspecified atom stereocenters. The van der Waals surface area contributed by atoms with E-state index < -0.39 is 0 Å². The Kier molecular flexibility index (Phi) is 2.86. The summed E-state index contributed by atoms with van der Waals surface area (Å²) in [5, 5.41) is 1.07. The zero-order valence-electron chi connectivity index (χ0n) is 9.31. The second kappa shape index (κ2) is 4.31. The first kappa shape index (κ1) is 10.6. The van der Waals surface area contributed by atoms with Crippen molar-refractivity contribution in [2.75, 3.05) is 7.11 Å². The van der Waals surface area contributed by atoms with E-state index in [1.165, 1.54) is 7.11 Å². The molecule has 3 nitrogen and oxygen atoms in total. The quantitative estimate of drug-likeness (QED) is 0.722. The van der Waals surface area contributed by atoms with Gasteiger partial charge in [0.15, 0.2) is 0 Å². The van der Waals surface area contributed by atoms with Gasteiger partial charge in [0.25, 0.3) is 0 Å². The van der Waals surface area contributed by atoms with Gasteiger partial charge >= 0.3 is 5.97 Å². The topological polar surface area (TPSA) is 39.2 Å². The van der Waals surface area contributed by atoms with Crippen LogP contribution in [0.4, 0.5) is 0 Å². The van der Waals surface area contributed by atoms with Crippen LogP contribution in [0.2, 0.25) is 0 Å². The zero-order chi connectivity index (χ0) is 11.5. The first-order chi connectivity index (χ1) is 7.72. The Balaban J connectivity index is 2.43. The Morgan fingerprint density at radius 2 is 2.00 bits per heavy atom. The number of ether oxygens (including phenoxy) is 1. The van der Waals surface area contributed by atoms with E-state index in [1.807, 2.05) is 36.4 Å². The molecule has 0 aliphatic rings. The van der Waals surface area contributed by atoms with Crippen LogP contribution in [0.5, 0.6) is 0 Å². The number of aromatic nitrogens is 1. The van der Waals surface area contributed by atoms with Crippen LogP contribution in [-0.2, 0) is 9.53 Å². The van der Waals surface area contributed by atoms with Crippen LogP contribution >= 0.6 is 0 Å². The molecule has 0 bridgehead atoms. The molecule has 1 atom stereocenters. The third kappa shape index (κ3) is 1.89. The summed E-state index contributed by atoms with van der Waals surface area (Å²) in [6.45, 7) is 1.79. The molecule has 1 aromatic heterocycles. The van der Waals surface area contributed by atoms with Crippen molar-refractivity contribution < 1.29 is 9.53 Å². The summed E-state index contributed by atoms with van der Waals surface area (Å²) in [4.78, 5) is 15.8. The number of nitrogens with zero attached hydrogens (tertiary/aromatic N) is 1. The van der Waals surface area contributed by atoms with Gasteiger partial charge in [0.2, 0.25) is 0 Å². The SMILES string of the molecule is COC(=O)[C@H](C)c1ccc2ccccc2n1. The molecule has 16 heavy (non-hydrogen) atoms. The molecule has 1 heterocycles. The Labute approximate surface area is 94.1 Å². The van der Waals surface area contributed by atoms with Crippen molar-refractivity contribution in [1.29, 1.82) is 0 Å². The number of fused-ring (bicyclic) bond motifs is 1. The predicted octanol–water partition coefficient (Wildman–Crippen LogP) is 2.51. The maximum absolute atomic E-state index is 11.4. The third-order valence-corrected chi connectivity index (χ3v) is 2.62. The molecule has 0 fully saturated rings. The fourth-order valence-corrected chi connectivity index (χ4v) is 1.62. The number of hydrogen-bond acceptors (Lipinski definition) is 3. The summed E-state index contributed by atoms with van der Waals surface area (Å²) in [7, 11) is 1.39. The van der Waals surface area contributed by atoms with E-state index in [2.05, 4.69) is 4.98 Å². The van der Waals surface area contributed by atoms with Crippen molar-refractivity contribution in [3.05, 3.63) is 42.1 Å². The number of hydrogen-bond donors (Lipinski definition) is 0. The van der Waals surface area contributed by atoms with Crippen LogP contribution < -0.4 is 0 Å². The lowest BCUT2D eigenvalue weighted by atomic mass is 10.1. The van der Waals surface area contributed by atoms with Crippen LogP contribution in [0.25, 0.3) is 10.9 Å². The molecule has 3 heteroatoms. The van der Waals surface area contributed by atoms with Gasteiger partial charge in [-0.2, -0.15) is 0 Å². The van der Waals surface area contributed by atoms with Gasteiger partial charge in [0, 0.05) is 5.39 Å². The molecule has 0 aliphatic carbocycles. The molecule has 0 N–H and O–H groups in total. The second-order valence-corrected chi connectivity index (χ2v) is 3.67. The molecule has 0 spiro atoms. The Morgan fingerprint density at radius 1 is 1.25 bits per heavy atom. The molecule has 82 valence electrons. The minimum Gasteiger partial charge on any atom is -0.469 e. The van der Waals surface area contributed by atoms with Gasteiger partial charge in [0.1, 0.15) is 0 Å². The summed E-state index contributed by atoms with van der Waals surface area (Å²) < 4.78 is 4.70. The average Bonchev–Trinajstić information content (AvgIpc) is 2.36. The van der Waals surface area contributed by atoms with Crippen LogP contribution in [0.1, 0.15) is 18.5 Å². The molecule has 0 saturated heterocycles. The monoisotopic (exact) mass is 215 g/mol. The second-order valence-electron chi connectivity index (χ2n) is 3.67. The fraction of sp³-hybridized carbons (Fsp3) is 0.231. The van der Waals surface area contributed by atoms with Crippen molar-refractivity contribution in [1.82, 2.24) is 4.98 Å². The third-order valence-electron chi connectivity index (χ3n) is 2.62. The fourth-order valence-electron chi connectivity index (χ4n) is 1.62. The lowest BCUT2D eigenvalue weighted by molar-refractivity contribution is -0.142. The van der Waals surface area contributed by atoms with Crippen molar-refractivity contribution in [2.45, 2.75) is 12.8 Å². The molecule has 2 rings (SSSR count). The number of pyridine rings is 1. The van der Waals surface area contributed by atoms with Gasteiger partial charge in [-0.15, -0.1) is 0 Å². The average molecular weight is 215 g/mol. The highest BCUT2D eigenvalue weighted by molar-refractivity contribution is 5.81. The minimum atomic E-state index is -0.324. The molecule has 1 aromatic carbocycles. The maximum atomic E-state index is 11.4. The van der Waals surface area contributed by atoms with Gasteiger partial charge < -0.3 is 4.74 Å². The number of esters is 1. The van der Waals surface area contributed by atoms with Gasteiger partial charge in [-0.25, -0.2) is 0 Å². The number of rotatable bonds is 2. The predicted molar refractivity (Wildman–Crippen MR) is 62.2 cm³/mol. The summed E-state index contributed by atoms with van der Waals surface area (Å²) in [5.41, 5.74) is 1.64. The number of para-hydroxylation sites is 1. The summed E-state index contributed by atoms with van der Waals surface area (Å²) in [6, 6.07) is 11.7. The maximum Gasteiger partial charge on any atom is 0.314 e. The number of methoxy groups -OCH3 is 1. The van der Waals surface area contributed by atoms with E-state index >= 15 is 0 Å². The van der Waals surface area contributed by atoms with E-state index in [4.69, 9.17) is 4.74 Å². The van der Waals surface area contributed by atoms with Crippen molar-refractivity contribution in [3.63, 3.8) is 0 Å². The first-order valence-electron chi connectivity index (χ1n) is 5.16. The largest absolute Gasteiger partial charge is 0.469 e. The van der Waals surface area contributed by atoms with Gasteiger partial charge in [0.05, 0.1) is 24.2 Å². The van der Waals surface area contributed by atoms with E-state index in [-0.39, 0.29) is 11.9 Å². The molecule has 0 radical (unpaired) electrons. The van der Waals surface area contributed by atoms with Crippen LogP contribution in [0.15, 0.2) is 36.4 Å². The molecular weight excluding hydrogens is 202 g/mol. The van der Waals surface area contributed by atoms with E-state index in [0.717, 1.165) is 16.6 Å². The van der Waals surface area contributed by atoms with Gasteiger partial charge in [-0.3, -0.25) is 9.78 Å². The van der Waals surface area contributed by atoms with E-state index in [0.29, 0.717) is 0 Å². The highest BCUT2D eigenvalue weighted by Gasteiger charge is 2.16. The number of carbonyl (C=O) groups is 1. The zero-order valence-corrected chi connectivity index (χ0v) is 9.31. The van der Waals surface area contributed by atoms with Crippen molar-refractivity contribution in [2.24, 2.45) is 0 Å². The Hall–Kier alpha value is -1.90. The molecule has 2 aromatic rings. The number of carbonyl (C=O) groups excluding carboxylic acids is 1. The summed E-state index contributed by atoms with van der Waals surface area (Å²) in [5.74, 6) is -0.586. The molecule has 0 amide bonds. The van der Waals surface area contributed by atoms with Crippen LogP contribution in [0, 0.1) is 0 Å². The van der Waals surface area contributed by atoms with Gasteiger partial charge in [-0.1, -0.05) is 24.3 Å². The van der Waals surface area contributed by atoms with Crippen LogP contribution in [-0.4, -0.2) is 18.1 Å². The summed E-state index contributed by atoms with van der Waals surface area (Å²) >= 11 is 0. The molecular formula is C13H13NO2. The molecule has 0 saturated carbocycles. The standard InChI is InChI=1S/C13H13NO2/c1-9(13(15)16-2)11-8-7-10-5-3-4-6-12(10)14-11/h3-9H,1-2H3/t9-/m1/s1. The van der Waals surface area contributed by atoms with E-state index in [1.54, 1.807) is 6.92 Å². The van der Waals surface area contributed by atoms with Crippen LogP contribution in [0.3, 0.4) is 0 Å². The summed E-state index contributed by atoms with van der Waals surface area (Å²) in [6.07, 6.45) is 0. The normalized spacial score (nSPS) is 12.4. The molecule has 0 aliphatic heterocycles. The Morgan fingerprint density at radius 3 is 2.75 bits per heavy atom. The van der Waals surface area contributed by atoms with Crippen molar-refractivity contribution >= 4 is 16.9 Å². The smallest absolute Gasteiger partial charge is 0.314 e. The lowest BCUT2D eigenvalue weighted by Crippen LogP contribution is -2.12. The highest BCUT2D eigenvalue weighted by Crippen LogP contribution is 2.18. The highest BCUT2D eigenvalue weighted by atomic mass is 16.5. The lowest BCUT2D eigenvalue weighted by Gasteiger charge is -2.09. The van der Waals surface area contributed by atoms with Gasteiger partial charge in [-0.05, 0) is 19.1 Å². The van der Waals surface area contributed by atoms with Crippen molar-refractivity contribution in [3.8, 4) is 0 Å².